The standard InChI is InChI=1S/C12H25NO/c1-9-5-6-12(7-9)8-13-10(2)11(3)14-4/h9-13H,5-8H2,1-4H3. The molecule has 2 nitrogen and oxygen atoms in total. The van der Waals surface area contributed by atoms with Crippen LogP contribution in [-0.4, -0.2) is 25.8 Å². The van der Waals surface area contributed by atoms with E-state index in [0.29, 0.717) is 12.1 Å². The molecule has 0 spiro atoms. The van der Waals surface area contributed by atoms with E-state index in [1.165, 1.54) is 25.8 Å². The fourth-order valence-electron chi connectivity index (χ4n) is 2.23. The van der Waals surface area contributed by atoms with Gasteiger partial charge in [0.2, 0.25) is 0 Å². The Kier molecular flexibility index (Phi) is 4.90. The van der Waals surface area contributed by atoms with Crippen molar-refractivity contribution in [2.45, 2.75) is 52.2 Å². The third kappa shape index (κ3) is 3.58. The van der Waals surface area contributed by atoms with Crippen molar-refractivity contribution in [1.29, 1.82) is 0 Å². The lowest BCUT2D eigenvalue weighted by Gasteiger charge is -2.22. The first-order chi connectivity index (χ1) is 6.63. The predicted molar refractivity (Wildman–Crippen MR) is 60.4 cm³/mol. The third-order valence-electron chi connectivity index (χ3n) is 3.61. The molecular weight excluding hydrogens is 174 g/mol. The van der Waals surface area contributed by atoms with E-state index >= 15 is 0 Å². The summed E-state index contributed by atoms with van der Waals surface area (Å²) in [6.45, 7) is 7.85. The largest absolute Gasteiger partial charge is 0.380 e. The van der Waals surface area contributed by atoms with Crippen LogP contribution in [0.25, 0.3) is 0 Å². The van der Waals surface area contributed by atoms with E-state index in [4.69, 9.17) is 4.74 Å². The van der Waals surface area contributed by atoms with Gasteiger partial charge in [-0.05, 0) is 45.1 Å². The van der Waals surface area contributed by atoms with Gasteiger partial charge < -0.3 is 10.1 Å². The van der Waals surface area contributed by atoms with Gasteiger partial charge in [-0.1, -0.05) is 13.3 Å². The van der Waals surface area contributed by atoms with Gasteiger partial charge >= 0.3 is 0 Å². The van der Waals surface area contributed by atoms with Crippen LogP contribution in [0.4, 0.5) is 0 Å². The van der Waals surface area contributed by atoms with Crippen LogP contribution in [-0.2, 0) is 4.74 Å². The van der Waals surface area contributed by atoms with Crippen molar-refractivity contribution in [2.24, 2.45) is 11.8 Å². The van der Waals surface area contributed by atoms with E-state index in [-0.39, 0.29) is 0 Å². The maximum atomic E-state index is 5.29. The van der Waals surface area contributed by atoms with Gasteiger partial charge in [-0.3, -0.25) is 0 Å². The number of rotatable bonds is 5. The highest BCUT2D eigenvalue weighted by Crippen LogP contribution is 2.29. The zero-order valence-electron chi connectivity index (χ0n) is 10.0. The zero-order chi connectivity index (χ0) is 10.6. The second-order valence-corrected chi connectivity index (χ2v) is 4.92. The molecule has 0 saturated heterocycles. The minimum atomic E-state index is 0.314. The fourth-order valence-corrected chi connectivity index (χ4v) is 2.23. The SMILES string of the molecule is COC(C)C(C)NCC1CCC(C)C1. The van der Waals surface area contributed by atoms with E-state index in [2.05, 4.69) is 26.1 Å². The van der Waals surface area contributed by atoms with Gasteiger partial charge in [0.1, 0.15) is 0 Å². The summed E-state index contributed by atoms with van der Waals surface area (Å²) in [7, 11) is 1.78. The van der Waals surface area contributed by atoms with Gasteiger partial charge in [-0.15, -0.1) is 0 Å². The Morgan fingerprint density at radius 2 is 2.07 bits per heavy atom. The zero-order valence-corrected chi connectivity index (χ0v) is 10.0. The maximum Gasteiger partial charge on any atom is 0.0693 e. The lowest BCUT2D eigenvalue weighted by molar-refractivity contribution is 0.0873. The smallest absolute Gasteiger partial charge is 0.0693 e. The quantitative estimate of drug-likeness (QED) is 0.734. The van der Waals surface area contributed by atoms with Crippen molar-refractivity contribution in [3.8, 4) is 0 Å². The van der Waals surface area contributed by atoms with Crippen LogP contribution in [0, 0.1) is 11.8 Å². The molecule has 0 aromatic rings. The van der Waals surface area contributed by atoms with Gasteiger partial charge in [-0.2, -0.15) is 0 Å². The summed E-state index contributed by atoms with van der Waals surface area (Å²) in [4.78, 5) is 0. The van der Waals surface area contributed by atoms with Gasteiger partial charge in [0.05, 0.1) is 6.10 Å². The molecule has 2 heteroatoms. The minimum absolute atomic E-state index is 0.314. The minimum Gasteiger partial charge on any atom is -0.380 e. The van der Waals surface area contributed by atoms with Crippen LogP contribution < -0.4 is 5.32 Å². The molecule has 0 aliphatic heterocycles. The molecule has 4 unspecified atom stereocenters. The molecule has 1 fully saturated rings. The van der Waals surface area contributed by atoms with Crippen LogP contribution in [0.15, 0.2) is 0 Å². The maximum absolute atomic E-state index is 5.29. The first kappa shape index (κ1) is 12.0. The second-order valence-electron chi connectivity index (χ2n) is 4.92. The normalized spacial score (nSPS) is 31.7. The molecule has 0 aromatic carbocycles. The van der Waals surface area contributed by atoms with Gasteiger partial charge in [0, 0.05) is 13.2 Å². The average Bonchev–Trinajstić information content (AvgIpc) is 2.59. The molecular formula is C12H25NO. The van der Waals surface area contributed by atoms with E-state index in [9.17, 15) is 0 Å². The van der Waals surface area contributed by atoms with Gasteiger partial charge in [0.25, 0.3) is 0 Å². The summed E-state index contributed by atoms with van der Waals surface area (Å²) >= 11 is 0. The molecule has 1 aliphatic rings. The van der Waals surface area contributed by atoms with E-state index < -0.39 is 0 Å². The second kappa shape index (κ2) is 5.72. The summed E-state index contributed by atoms with van der Waals surface area (Å²) in [6, 6.07) is 0.468. The molecule has 0 bridgehead atoms. The third-order valence-corrected chi connectivity index (χ3v) is 3.61. The highest BCUT2D eigenvalue weighted by atomic mass is 16.5. The predicted octanol–water partition coefficient (Wildman–Crippen LogP) is 2.44. The summed E-state index contributed by atoms with van der Waals surface area (Å²) in [5.74, 6) is 1.84. The first-order valence-electron chi connectivity index (χ1n) is 5.89. The number of hydrogen-bond donors (Lipinski definition) is 1. The molecule has 1 aliphatic carbocycles. The lowest BCUT2D eigenvalue weighted by Crippen LogP contribution is -2.39. The van der Waals surface area contributed by atoms with Crippen LogP contribution in [0.1, 0.15) is 40.0 Å². The molecule has 4 atom stereocenters. The molecule has 84 valence electrons. The Labute approximate surface area is 88.4 Å². The average molecular weight is 199 g/mol. The van der Waals surface area contributed by atoms with Gasteiger partial charge in [0.15, 0.2) is 0 Å². The summed E-state index contributed by atoms with van der Waals surface area (Å²) in [5, 5.41) is 3.57. The molecule has 1 N–H and O–H groups in total. The molecule has 1 saturated carbocycles. The topological polar surface area (TPSA) is 21.3 Å². The molecule has 0 aromatic heterocycles. The van der Waals surface area contributed by atoms with Crippen molar-refractivity contribution in [3.05, 3.63) is 0 Å². The Morgan fingerprint density at radius 3 is 2.57 bits per heavy atom. The Morgan fingerprint density at radius 1 is 1.36 bits per heavy atom. The van der Waals surface area contributed by atoms with Crippen LogP contribution in [0.2, 0.25) is 0 Å². The highest BCUT2D eigenvalue weighted by Gasteiger charge is 2.22. The van der Waals surface area contributed by atoms with E-state index in [1.807, 2.05) is 0 Å². The van der Waals surface area contributed by atoms with E-state index in [0.717, 1.165) is 11.8 Å². The first-order valence-corrected chi connectivity index (χ1v) is 5.89. The lowest BCUT2D eigenvalue weighted by atomic mass is 10.1. The number of hydrogen-bond acceptors (Lipinski definition) is 2. The van der Waals surface area contributed by atoms with E-state index in [1.54, 1.807) is 7.11 Å². The molecule has 1 rings (SSSR count). The summed E-state index contributed by atoms with van der Waals surface area (Å²) in [5.41, 5.74) is 0. The van der Waals surface area contributed by atoms with Crippen molar-refractivity contribution in [1.82, 2.24) is 5.32 Å². The van der Waals surface area contributed by atoms with Gasteiger partial charge in [-0.25, -0.2) is 0 Å². The molecule has 0 radical (unpaired) electrons. The molecule has 0 amide bonds. The van der Waals surface area contributed by atoms with Crippen LogP contribution in [0.3, 0.4) is 0 Å². The Hall–Kier alpha value is -0.0800. The number of nitrogens with one attached hydrogen (secondary N) is 1. The number of methoxy groups -OCH3 is 1. The number of ether oxygens (including phenoxy) is 1. The van der Waals surface area contributed by atoms with Crippen molar-refractivity contribution < 1.29 is 4.74 Å². The van der Waals surface area contributed by atoms with Crippen LogP contribution in [0.5, 0.6) is 0 Å². The highest BCUT2D eigenvalue weighted by molar-refractivity contribution is 4.77. The Bertz CT molecular complexity index is 158. The molecule has 0 heterocycles. The van der Waals surface area contributed by atoms with Crippen molar-refractivity contribution in [2.75, 3.05) is 13.7 Å². The van der Waals surface area contributed by atoms with Crippen LogP contribution >= 0.6 is 0 Å². The summed E-state index contributed by atoms with van der Waals surface area (Å²) in [6.07, 6.45) is 4.54. The fraction of sp³-hybridized carbons (Fsp3) is 1.00. The summed E-state index contributed by atoms with van der Waals surface area (Å²) < 4.78 is 5.29. The monoisotopic (exact) mass is 199 g/mol. The van der Waals surface area contributed by atoms with Crippen molar-refractivity contribution >= 4 is 0 Å². The van der Waals surface area contributed by atoms with Crippen molar-refractivity contribution in [3.63, 3.8) is 0 Å². The Balaban J connectivity index is 2.14. The molecule has 14 heavy (non-hydrogen) atoms.